The molecule has 2 aromatic heterocycles. The van der Waals surface area contributed by atoms with Gasteiger partial charge in [-0.25, -0.2) is 9.97 Å². The molecule has 0 aliphatic carbocycles. The first-order chi connectivity index (χ1) is 14.9. The second kappa shape index (κ2) is 9.15. The van der Waals surface area contributed by atoms with Crippen LogP contribution in [0, 0.1) is 20.8 Å². The van der Waals surface area contributed by atoms with E-state index in [0.717, 1.165) is 53.5 Å². The van der Waals surface area contributed by atoms with Crippen molar-refractivity contribution in [1.82, 2.24) is 19.9 Å². The van der Waals surface area contributed by atoms with Crippen LogP contribution in [0.3, 0.4) is 0 Å². The summed E-state index contributed by atoms with van der Waals surface area (Å²) in [5.41, 5.74) is 5.67. The van der Waals surface area contributed by atoms with E-state index in [0.29, 0.717) is 17.9 Å². The quantitative estimate of drug-likeness (QED) is 0.575. The Morgan fingerprint density at radius 2 is 1.97 bits per heavy atom. The van der Waals surface area contributed by atoms with Gasteiger partial charge in [0.05, 0.1) is 11.3 Å². The molecule has 0 bridgehead atoms. The van der Waals surface area contributed by atoms with Gasteiger partial charge in [-0.15, -0.1) is 0 Å². The standard InChI is InChI=1S/C25H27ClN4O/c1-16-11-19(12-20-7-4-5-9-23(20)26)13-24(28-16)21-8-6-10-30(15-21)25(31)22-14-27-18(3)29-17(22)2/h4-5,7,9,11,13-14,21H,6,8,10,12,15H2,1-3H3/t21-/m1/s1. The molecule has 5 nitrogen and oxygen atoms in total. The predicted molar refractivity (Wildman–Crippen MR) is 123 cm³/mol. The molecule has 6 heteroatoms. The maximum Gasteiger partial charge on any atom is 0.257 e. The summed E-state index contributed by atoms with van der Waals surface area (Å²) in [6.07, 6.45) is 4.40. The number of carbonyl (C=O) groups is 1. The third-order valence-electron chi connectivity index (χ3n) is 5.84. The Morgan fingerprint density at radius 1 is 1.16 bits per heavy atom. The monoisotopic (exact) mass is 434 g/mol. The van der Waals surface area contributed by atoms with E-state index >= 15 is 0 Å². The van der Waals surface area contributed by atoms with Crippen LogP contribution in [0.15, 0.2) is 42.6 Å². The Kier molecular flexibility index (Phi) is 6.33. The molecule has 0 unspecified atom stereocenters. The molecular weight excluding hydrogens is 408 g/mol. The van der Waals surface area contributed by atoms with Crippen molar-refractivity contribution >= 4 is 17.5 Å². The zero-order chi connectivity index (χ0) is 22.0. The largest absolute Gasteiger partial charge is 0.338 e. The Labute approximate surface area is 188 Å². The molecule has 1 aliphatic rings. The number of nitrogens with zero attached hydrogens (tertiary/aromatic N) is 4. The summed E-state index contributed by atoms with van der Waals surface area (Å²) < 4.78 is 0. The molecule has 4 rings (SSSR count). The van der Waals surface area contributed by atoms with E-state index in [1.165, 1.54) is 5.56 Å². The number of carbonyl (C=O) groups excluding carboxylic acids is 1. The van der Waals surface area contributed by atoms with E-state index in [2.05, 4.69) is 28.2 Å². The van der Waals surface area contributed by atoms with Crippen molar-refractivity contribution in [1.29, 1.82) is 0 Å². The van der Waals surface area contributed by atoms with Gasteiger partial charge in [-0.05, 0) is 69.4 Å². The molecule has 0 spiro atoms. The number of halogens is 1. The van der Waals surface area contributed by atoms with Gasteiger partial charge in [-0.3, -0.25) is 9.78 Å². The van der Waals surface area contributed by atoms with Crippen molar-refractivity contribution in [2.24, 2.45) is 0 Å². The van der Waals surface area contributed by atoms with Gasteiger partial charge in [0.1, 0.15) is 5.82 Å². The van der Waals surface area contributed by atoms with Crippen molar-refractivity contribution in [3.05, 3.63) is 87.2 Å². The fourth-order valence-electron chi connectivity index (χ4n) is 4.31. The van der Waals surface area contributed by atoms with Crippen LogP contribution >= 0.6 is 11.6 Å². The van der Waals surface area contributed by atoms with Gasteiger partial charge < -0.3 is 4.90 Å². The lowest BCUT2D eigenvalue weighted by Crippen LogP contribution is -2.39. The SMILES string of the molecule is Cc1cc(Cc2ccccc2Cl)cc([C@@H]2CCCN(C(=O)c3cnc(C)nc3C)C2)n1. The van der Waals surface area contributed by atoms with Gasteiger partial charge in [0, 0.05) is 41.6 Å². The summed E-state index contributed by atoms with van der Waals surface area (Å²) in [7, 11) is 0. The lowest BCUT2D eigenvalue weighted by molar-refractivity contribution is 0.0704. The third-order valence-corrected chi connectivity index (χ3v) is 6.21. The molecule has 1 aliphatic heterocycles. The third kappa shape index (κ3) is 4.93. The minimum absolute atomic E-state index is 0.00569. The van der Waals surface area contributed by atoms with E-state index in [9.17, 15) is 4.79 Å². The maximum absolute atomic E-state index is 13.1. The van der Waals surface area contributed by atoms with Gasteiger partial charge in [-0.2, -0.15) is 0 Å². The number of aryl methyl sites for hydroxylation is 3. The number of rotatable bonds is 4. The second-order valence-electron chi connectivity index (χ2n) is 8.32. The Morgan fingerprint density at radius 3 is 2.74 bits per heavy atom. The first kappa shape index (κ1) is 21.4. The topological polar surface area (TPSA) is 59.0 Å². The number of hydrogen-bond donors (Lipinski definition) is 0. The van der Waals surface area contributed by atoms with Crippen molar-refractivity contribution in [2.45, 2.75) is 46.0 Å². The first-order valence-electron chi connectivity index (χ1n) is 10.7. The molecule has 1 saturated heterocycles. The molecule has 1 fully saturated rings. The fourth-order valence-corrected chi connectivity index (χ4v) is 4.51. The van der Waals surface area contributed by atoms with E-state index in [1.807, 2.05) is 43.9 Å². The van der Waals surface area contributed by atoms with Crippen molar-refractivity contribution in [3.8, 4) is 0 Å². The van der Waals surface area contributed by atoms with Crippen LogP contribution in [0.1, 0.15) is 63.2 Å². The van der Waals surface area contributed by atoms with Crippen molar-refractivity contribution in [2.75, 3.05) is 13.1 Å². The molecule has 160 valence electrons. The van der Waals surface area contributed by atoms with Crippen LogP contribution in [0.4, 0.5) is 0 Å². The van der Waals surface area contributed by atoms with Crippen LogP contribution in [0.5, 0.6) is 0 Å². The van der Waals surface area contributed by atoms with Crippen molar-refractivity contribution in [3.63, 3.8) is 0 Å². The van der Waals surface area contributed by atoms with E-state index in [1.54, 1.807) is 6.20 Å². The van der Waals surface area contributed by atoms with Crippen LogP contribution in [0.25, 0.3) is 0 Å². The van der Waals surface area contributed by atoms with Gasteiger partial charge in [0.15, 0.2) is 0 Å². The number of amides is 1. The van der Waals surface area contributed by atoms with Crippen LogP contribution in [-0.4, -0.2) is 38.8 Å². The lowest BCUT2D eigenvalue weighted by Gasteiger charge is -2.33. The number of aromatic nitrogens is 3. The number of piperidine rings is 1. The summed E-state index contributed by atoms with van der Waals surface area (Å²) in [6, 6.07) is 12.2. The highest BCUT2D eigenvalue weighted by Crippen LogP contribution is 2.29. The summed E-state index contributed by atoms with van der Waals surface area (Å²) in [5.74, 6) is 0.904. The molecule has 0 N–H and O–H groups in total. The minimum Gasteiger partial charge on any atom is -0.338 e. The van der Waals surface area contributed by atoms with E-state index < -0.39 is 0 Å². The molecule has 0 saturated carbocycles. The maximum atomic E-state index is 13.1. The summed E-state index contributed by atoms with van der Waals surface area (Å²) in [4.78, 5) is 28.5. The molecule has 3 heterocycles. The second-order valence-corrected chi connectivity index (χ2v) is 8.72. The predicted octanol–water partition coefficient (Wildman–Crippen LogP) is 5.06. The van der Waals surface area contributed by atoms with Crippen LogP contribution < -0.4 is 0 Å². The minimum atomic E-state index is 0.00569. The molecule has 1 atom stereocenters. The molecule has 0 radical (unpaired) electrons. The zero-order valence-electron chi connectivity index (χ0n) is 18.2. The summed E-state index contributed by atoms with van der Waals surface area (Å²) in [5, 5.41) is 0.781. The average Bonchev–Trinajstić information content (AvgIpc) is 2.75. The highest BCUT2D eigenvalue weighted by atomic mass is 35.5. The number of benzene rings is 1. The highest BCUT2D eigenvalue weighted by molar-refractivity contribution is 6.31. The highest BCUT2D eigenvalue weighted by Gasteiger charge is 2.28. The smallest absolute Gasteiger partial charge is 0.257 e. The number of likely N-dealkylation sites (tertiary alicyclic amines) is 1. The summed E-state index contributed by atoms with van der Waals surface area (Å²) in [6.45, 7) is 7.14. The molecular formula is C25H27ClN4O. The zero-order valence-corrected chi connectivity index (χ0v) is 19.0. The Balaban J connectivity index is 1.55. The number of hydrogen-bond acceptors (Lipinski definition) is 4. The van der Waals surface area contributed by atoms with Crippen molar-refractivity contribution < 1.29 is 4.79 Å². The summed E-state index contributed by atoms with van der Waals surface area (Å²) >= 11 is 6.37. The Bertz CT molecular complexity index is 1110. The molecule has 1 amide bonds. The molecule has 1 aromatic carbocycles. The number of pyridine rings is 1. The average molecular weight is 435 g/mol. The normalized spacial score (nSPS) is 16.4. The molecule has 31 heavy (non-hydrogen) atoms. The lowest BCUT2D eigenvalue weighted by atomic mass is 9.92. The van der Waals surface area contributed by atoms with Crippen LogP contribution in [-0.2, 0) is 6.42 Å². The van der Waals surface area contributed by atoms with Gasteiger partial charge >= 0.3 is 0 Å². The van der Waals surface area contributed by atoms with E-state index in [4.69, 9.17) is 16.6 Å². The van der Waals surface area contributed by atoms with E-state index in [-0.39, 0.29) is 11.8 Å². The van der Waals surface area contributed by atoms with Gasteiger partial charge in [0.2, 0.25) is 0 Å². The fraction of sp³-hybridized carbons (Fsp3) is 0.360. The molecule has 3 aromatic rings. The first-order valence-corrected chi connectivity index (χ1v) is 11.1. The Hall–Kier alpha value is -2.79. The van der Waals surface area contributed by atoms with Gasteiger partial charge in [-0.1, -0.05) is 29.8 Å². The van der Waals surface area contributed by atoms with Gasteiger partial charge in [0.25, 0.3) is 5.91 Å². The van der Waals surface area contributed by atoms with Crippen LogP contribution in [0.2, 0.25) is 5.02 Å².